The molecule has 6 heteroatoms. The molecule has 0 aliphatic heterocycles. The minimum absolute atomic E-state index is 0.0504. The van der Waals surface area contributed by atoms with E-state index in [1.165, 1.54) is 12.1 Å². The van der Waals surface area contributed by atoms with Crippen LogP contribution < -0.4 is 5.32 Å². The van der Waals surface area contributed by atoms with E-state index in [1.54, 1.807) is 17.0 Å². The first-order chi connectivity index (χ1) is 8.17. The average molecular weight is 258 g/mol. The van der Waals surface area contributed by atoms with Gasteiger partial charge in [0.25, 0.3) is 0 Å². The predicted molar refractivity (Wildman–Crippen MR) is 68.4 cm³/mol. The Morgan fingerprint density at radius 2 is 1.71 bits per heavy atom. The Morgan fingerprint density at radius 3 is 2.18 bits per heavy atom. The molecule has 0 aromatic heterocycles. The third kappa shape index (κ3) is 4.64. The minimum atomic E-state index is -0.316. The number of hydrogen-bond acceptors (Lipinski definition) is 3. The standard InChI is InChI=1S/C11H15FN2O2S/c12-9-1-3-10(4-2-9)13-11(17)14(5-7-15)6-8-16/h1-4,15-16H,5-8H2,(H,13,17). The molecule has 0 aliphatic rings. The van der Waals surface area contributed by atoms with Gasteiger partial charge in [0.2, 0.25) is 0 Å². The number of thiocarbonyl (C=S) groups is 1. The first-order valence-electron chi connectivity index (χ1n) is 5.20. The summed E-state index contributed by atoms with van der Waals surface area (Å²) >= 11 is 5.12. The van der Waals surface area contributed by atoms with Crippen molar-refractivity contribution in [3.63, 3.8) is 0 Å². The van der Waals surface area contributed by atoms with Gasteiger partial charge in [-0.1, -0.05) is 0 Å². The number of benzene rings is 1. The Balaban J connectivity index is 2.59. The number of rotatable bonds is 5. The summed E-state index contributed by atoms with van der Waals surface area (Å²) in [6.45, 7) is 0.581. The summed E-state index contributed by atoms with van der Waals surface area (Å²) in [5.41, 5.74) is 0.664. The van der Waals surface area contributed by atoms with Crippen LogP contribution in [-0.2, 0) is 0 Å². The van der Waals surface area contributed by atoms with E-state index in [1.807, 2.05) is 0 Å². The fourth-order valence-corrected chi connectivity index (χ4v) is 1.59. The molecular weight excluding hydrogens is 243 g/mol. The van der Waals surface area contributed by atoms with Crippen LogP contribution in [0.1, 0.15) is 0 Å². The van der Waals surface area contributed by atoms with Crippen LogP contribution in [0.25, 0.3) is 0 Å². The smallest absolute Gasteiger partial charge is 0.173 e. The summed E-state index contributed by atoms with van der Waals surface area (Å²) in [4.78, 5) is 1.64. The number of anilines is 1. The van der Waals surface area contributed by atoms with Gasteiger partial charge in [0.05, 0.1) is 13.2 Å². The Morgan fingerprint density at radius 1 is 1.18 bits per heavy atom. The Bertz CT molecular complexity index is 353. The zero-order valence-corrected chi connectivity index (χ0v) is 10.1. The molecule has 0 aliphatic carbocycles. The second-order valence-corrected chi connectivity index (χ2v) is 3.76. The largest absolute Gasteiger partial charge is 0.395 e. The molecule has 0 atom stereocenters. The Kier molecular flexibility index (Phi) is 5.82. The van der Waals surface area contributed by atoms with Gasteiger partial charge < -0.3 is 20.4 Å². The highest BCUT2D eigenvalue weighted by Crippen LogP contribution is 2.09. The number of hydrogen-bond donors (Lipinski definition) is 3. The second-order valence-electron chi connectivity index (χ2n) is 3.37. The van der Waals surface area contributed by atoms with Gasteiger partial charge in [0.1, 0.15) is 5.82 Å². The molecule has 0 heterocycles. The second kappa shape index (κ2) is 7.16. The molecule has 0 spiro atoms. The first kappa shape index (κ1) is 13.8. The van der Waals surface area contributed by atoms with Crippen LogP contribution in [0, 0.1) is 5.82 Å². The number of aliphatic hydroxyl groups excluding tert-OH is 2. The SMILES string of the molecule is OCCN(CCO)C(=S)Nc1ccc(F)cc1. The van der Waals surface area contributed by atoms with E-state index in [0.717, 1.165) is 0 Å². The number of halogens is 1. The maximum absolute atomic E-state index is 12.7. The third-order valence-electron chi connectivity index (χ3n) is 2.12. The normalized spacial score (nSPS) is 10.1. The van der Waals surface area contributed by atoms with Crippen molar-refractivity contribution >= 4 is 23.0 Å². The Labute approximate surface area is 105 Å². The van der Waals surface area contributed by atoms with E-state index in [2.05, 4.69) is 5.32 Å². The fourth-order valence-electron chi connectivity index (χ4n) is 1.29. The van der Waals surface area contributed by atoms with Crippen molar-refractivity contribution in [1.82, 2.24) is 4.90 Å². The van der Waals surface area contributed by atoms with Gasteiger partial charge in [-0.05, 0) is 36.5 Å². The summed E-state index contributed by atoms with van der Waals surface area (Å²) < 4.78 is 12.7. The molecule has 0 saturated heterocycles. The highest BCUT2D eigenvalue weighted by molar-refractivity contribution is 7.80. The lowest BCUT2D eigenvalue weighted by atomic mass is 10.3. The van der Waals surface area contributed by atoms with Crippen LogP contribution in [0.3, 0.4) is 0 Å². The van der Waals surface area contributed by atoms with Gasteiger partial charge in [-0.25, -0.2) is 4.39 Å². The van der Waals surface area contributed by atoms with Crippen LogP contribution in [0.15, 0.2) is 24.3 Å². The van der Waals surface area contributed by atoms with E-state index in [-0.39, 0.29) is 19.0 Å². The monoisotopic (exact) mass is 258 g/mol. The van der Waals surface area contributed by atoms with Gasteiger partial charge in [-0.15, -0.1) is 0 Å². The van der Waals surface area contributed by atoms with E-state index in [0.29, 0.717) is 23.9 Å². The Hall–Kier alpha value is -1.24. The van der Waals surface area contributed by atoms with E-state index in [4.69, 9.17) is 22.4 Å². The first-order valence-corrected chi connectivity index (χ1v) is 5.61. The topological polar surface area (TPSA) is 55.7 Å². The van der Waals surface area contributed by atoms with Gasteiger partial charge in [-0.2, -0.15) is 0 Å². The lowest BCUT2D eigenvalue weighted by molar-refractivity contribution is 0.214. The molecule has 17 heavy (non-hydrogen) atoms. The molecule has 0 fully saturated rings. The molecule has 1 aromatic rings. The van der Waals surface area contributed by atoms with Gasteiger partial charge in [0, 0.05) is 18.8 Å². The molecule has 4 nitrogen and oxygen atoms in total. The van der Waals surface area contributed by atoms with Crippen LogP contribution in [-0.4, -0.2) is 46.5 Å². The molecule has 0 saturated carbocycles. The maximum Gasteiger partial charge on any atom is 0.173 e. The van der Waals surface area contributed by atoms with Crippen LogP contribution in [0.2, 0.25) is 0 Å². The van der Waals surface area contributed by atoms with Crippen LogP contribution in [0.4, 0.5) is 10.1 Å². The quantitative estimate of drug-likeness (QED) is 0.682. The molecule has 0 unspecified atom stereocenters. The zero-order chi connectivity index (χ0) is 12.7. The van der Waals surface area contributed by atoms with Crippen LogP contribution >= 0.6 is 12.2 Å². The summed E-state index contributed by atoms with van der Waals surface area (Å²) in [5.74, 6) is -0.316. The average Bonchev–Trinajstić information content (AvgIpc) is 2.32. The lowest BCUT2D eigenvalue weighted by Crippen LogP contribution is -2.38. The lowest BCUT2D eigenvalue weighted by Gasteiger charge is -2.24. The highest BCUT2D eigenvalue weighted by atomic mass is 32.1. The third-order valence-corrected chi connectivity index (χ3v) is 2.48. The molecular formula is C11H15FN2O2S. The summed E-state index contributed by atoms with van der Waals surface area (Å²) in [6, 6.07) is 5.79. The molecule has 3 N–H and O–H groups in total. The van der Waals surface area contributed by atoms with E-state index < -0.39 is 0 Å². The number of nitrogens with zero attached hydrogens (tertiary/aromatic N) is 1. The molecule has 0 radical (unpaired) electrons. The fraction of sp³-hybridized carbons (Fsp3) is 0.364. The molecule has 1 rings (SSSR count). The number of nitrogens with one attached hydrogen (secondary N) is 1. The van der Waals surface area contributed by atoms with Crippen molar-refractivity contribution in [1.29, 1.82) is 0 Å². The molecule has 0 amide bonds. The summed E-state index contributed by atoms with van der Waals surface area (Å²) in [7, 11) is 0. The van der Waals surface area contributed by atoms with E-state index in [9.17, 15) is 4.39 Å². The number of aliphatic hydroxyl groups is 2. The van der Waals surface area contributed by atoms with Crippen molar-refractivity contribution in [2.45, 2.75) is 0 Å². The maximum atomic E-state index is 12.7. The van der Waals surface area contributed by atoms with Crippen molar-refractivity contribution in [3.05, 3.63) is 30.1 Å². The van der Waals surface area contributed by atoms with Crippen molar-refractivity contribution in [2.75, 3.05) is 31.6 Å². The summed E-state index contributed by atoms with van der Waals surface area (Å²) in [6.07, 6.45) is 0. The zero-order valence-electron chi connectivity index (χ0n) is 9.27. The summed E-state index contributed by atoms with van der Waals surface area (Å²) in [5, 5.41) is 21.0. The minimum Gasteiger partial charge on any atom is -0.395 e. The van der Waals surface area contributed by atoms with Crippen molar-refractivity contribution < 1.29 is 14.6 Å². The van der Waals surface area contributed by atoms with Gasteiger partial charge in [0.15, 0.2) is 5.11 Å². The van der Waals surface area contributed by atoms with Crippen molar-refractivity contribution in [2.24, 2.45) is 0 Å². The molecule has 1 aromatic carbocycles. The molecule has 94 valence electrons. The van der Waals surface area contributed by atoms with Gasteiger partial charge >= 0.3 is 0 Å². The highest BCUT2D eigenvalue weighted by Gasteiger charge is 2.08. The predicted octanol–water partition coefficient (Wildman–Crippen LogP) is 0.809. The van der Waals surface area contributed by atoms with Crippen molar-refractivity contribution in [3.8, 4) is 0 Å². The van der Waals surface area contributed by atoms with Gasteiger partial charge in [-0.3, -0.25) is 0 Å². The van der Waals surface area contributed by atoms with E-state index >= 15 is 0 Å². The van der Waals surface area contributed by atoms with Crippen LogP contribution in [0.5, 0.6) is 0 Å². The molecule has 0 bridgehead atoms.